The van der Waals surface area contributed by atoms with Crippen molar-refractivity contribution >= 4 is 17.0 Å². The maximum absolute atomic E-state index is 3.49. The third-order valence-electron chi connectivity index (χ3n) is 3.10. The maximum Gasteiger partial charge on any atom is 0.0434 e. The second kappa shape index (κ2) is 6.73. The largest absolute Gasteiger partial charge is 0.370 e. The van der Waals surface area contributed by atoms with Crippen LogP contribution in [0.3, 0.4) is 0 Å². The van der Waals surface area contributed by atoms with Gasteiger partial charge in [-0.1, -0.05) is 32.0 Å². The Kier molecular flexibility index (Phi) is 5.00. The highest BCUT2D eigenvalue weighted by Gasteiger charge is 2.08. The molecule has 19 heavy (non-hydrogen) atoms. The van der Waals surface area contributed by atoms with E-state index in [1.54, 1.807) is 11.3 Å². The highest BCUT2D eigenvalue weighted by Crippen LogP contribution is 2.21. The molecule has 1 aromatic heterocycles. The average Bonchev–Trinajstić information content (AvgIpc) is 2.89. The first-order valence-electron chi connectivity index (χ1n) is 6.70. The molecule has 0 atom stereocenters. The van der Waals surface area contributed by atoms with Crippen LogP contribution in [0, 0.1) is 0 Å². The topological polar surface area (TPSA) is 15.3 Å². The molecule has 2 rings (SSSR count). The lowest BCUT2D eigenvalue weighted by Gasteiger charge is -2.22. The summed E-state index contributed by atoms with van der Waals surface area (Å²) in [6.07, 6.45) is 0. The minimum Gasteiger partial charge on any atom is -0.370 e. The van der Waals surface area contributed by atoms with E-state index in [2.05, 4.69) is 72.2 Å². The van der Waals surface area contributed by atoms with Crippen LogP contribution >= 0.6 is 11.3 Å². The molecule has 1 N–H and O–H groups in total. The van der Waals surface area contributed by atoms with E-state index in [0.717, 1.165) is 13.1 Å². The highest BCUT2D eigenvalue weighted by atomic mass is 32.1. The lowest BCUT2D eigenvalue weighted by molar-refractivity contribution is 0.588. The monoisotopic (exact) mass is 274 g/mol. The average molecular weight is 274 g/mol. The predicted molar refractivity (Wildman–Crippen MR) is 84.8 cm³/mol. The van der Waals surface area contributed by atoms with Gasteiger partial charge in [0.25, 0.3) is 0 Å². The van der Waals surface area contributed by atoms with Crippen LogP contribution in [0.2, 0.25) is 0 Å². The summed E-state index contributed by atoms with van der Waals surface area (Å²) in [4.78, 5) is 2.32. The van der Waals surface area contributed by atoms with Gasteiger partial charge in [-0.15, -0.1) is 0 Å². The number of para-hydroxylation sites is 1. The predicted octanol–water partition coefficient (Wildman–Crippen LogP) is 3.88. The van der Waals surface area contributed by atoms with Crippen LogP contribution in [-0.2, 0) is 13.1 Å². The first-order valence-corrected chi connectivity index (χ1v) is 7.64. The molecule has 102 valence electrons. The van der Waals surface area contributed by atoms with E-state index in [1.165, 1.54) is 16.8 Å². The number of hydrogen-bond donors (Lipinski definition) is 1. The maximum atomic E-state index is 3.49. The lowest BCUT2D eigenvalue weighted by Crippen LogP contribution is -2.24. The molecule has 0 aliphatic carbocycles. The van der Waals surface area contributed by atoms with Gasteiger partial charge < -0.3 is 10.2 Å². The Morgan fingerprint density at radius 2 is 2.00 bits per heavy atom. The van der Waals surface area contributed by atoms with Crippen molar-refractivity contribution in [1.82, 2.24) is 5.32 Å². The minimum atomic E-state index is 0.509. The van der Waals surface area contributed by atoms with Crippen LogP contribution in [0.15, 0.2) is 41.1 Å². The standard InChI is InChI=1S/C16H22N2S/c1-13(2)17-10-15-6-4-5-7-16(15)18(3)11-14-8-9-19-12-14/h4-9,12-13,17H,10-11H2,1-3H3. The molecule has 0 aliphatic rings. The van der Waals surface area contributed by atoms with Crippen molar-refractivity contribution in [3.8, 4) is 0 Å². The van der Waals surface area contributed by atoms with Crippen molar-refractivity contribution in [2.45, 2.75) is 33.0 Å². The van der Waals surface area contributed by atoms with E-state index in [9.17, 15) is 0 Å². The van der Waals surface area contributed by atoms with Crippen LogP contribution in [0.5, 0.6) is 0 Å². The van der Waals surface area contributed by atoms with E-state index in [-0.39, 0.29) is 0 Å². The van der Waals surface area contributed by atoms with Crippen molar-refractivity contribution in [3.05, 3.63) is 52.2 Å². The number of nitrogens with zero attached hydrogens (tertiary/aromatic N) is 1. The van der Waals surface area contributed by atoms with Gasteiger partial charge in [0.05, 0.1) is 0 Å². The first-order chi connectivity index (χ1) is 9.16. The first kappa shape index (κ1) is 14.1. The zero-order chi connectivity index (χ0) is 13.7. The minimum absolute atomic E-state index is 0.509. The van der Waals surface area contributed by atoms with Gasteiger partial charge in [0.1, 0.15) is 0 Å². The van der Waals surface area contributed by atoms with E-state index in [0.29, 0.717) is 6.04 Å². The molecular formula is C16H22N2S. The summed E-state index contributed by atoms with van der Waals surface area (Å²) in [5, 5.41) is 7.84. The Bertz CT molecular complexity index is 491. The molecule has 3 heteroatoms. The lowest BCUT2D eigenvalue weighted by atomic mass is 10.1. The third-order valence-corrected chi connectivity index (χ3v) is 3.84. The molecule has 0 saturated carbocycles. The van der Waals surface area contributed by atoms with Crippen molar-refractivity contribution in [3.63, 3.8) is 0 Å². The Hall–Kier alpha value is -1.32. The van der Waals surface area contributed by atoms with Crippen molar-refractivity contribution < 1.29 is 0 Å². The molecule has 0 fully saturated rings. The highest BCUT2D eigenvalue weighted by molar-refractivity contribution is 7.07. The van der Waals surface area contributed by atoms with Crippen LogP contribution < -0.4 is 10.2 Å². The fraction of sp³-hybridized carbons (Fsp3) is 0.375. The van der Waals surface area contributed by atoms with Crippen molar-refractivity contribution in [2.24, 2.45) is 0 Å². The number of nitrogens with one attached hydrogen (secondary N) is 1. The molecule has 1 aromatic carbocycles. The van der Waals surface area contributed by atoms with Gasteiger partial charge in [-0.25, -0.2) is 0 Å². The van der Waals surface area contributed by atoms with Crippen molar-refractivity contribution in [2.75, 3.05) is 11.9 Å². The van der Waals surface area contributed by atoms with Gasteiger partial charge in [-0.2, -0.15) is 11.3 Å². The second-order valence-corrected chi connectivity index (χ2v) is 5.93. The van der Waals surface area contributed by atoms with Crippen molar-refractivity contribution in [1.29, 1.82) is 0 Å². The Balaban J connectivity index is 2.09. The molecule has 0 saturated heterocycles. The molecular weight excluding hydrogens is 252 g/mol. The van der Waals surface area contributed by atoms with Crippen LogP contribution in [0.4, 0.5) is 5.69 Å². The van der Waals surface area contributed by atoms with E-state index in [4.69, 9.17) is 0 Å². The summed E-state index contributed by atoms with van der Waals surface area (Å²) in [6, 6.07) is 11.3. The molecule has 0 spiro atoms. The summed E-state index contributed by atoms with van der Waals surface area (Å²) in [7, 11) is 2.16. The van der Waals surface area contributed by atoms with Gasteiger partial charge in [0.2, 0.25) is 0 Å². The van der Waals surface area contributed by atoms with Gasteiger partial charge in [-0.05, 0) is 34.0 Å². The smallest absolute Gasteiger partial charge is 0.0434 e. The van der Waals surface area contributed by atoms with Gasteiger partial charge in [-0.3, -0.25) is 0 Å². The van der Waals surface area contributed by atoms with Gasteiger partial charge >= 0.3 is 0 Å². The SMILES string of the molecule is CC(C)NCc1ccccc1N(C)Cc1ccsc1. The van der Waals surface area contributed by atoms with E-state index < -0.39 is 0 Å². The fourth-order valence-electron chi connectivity index (χ4n) is 2.09. The second-order valence-electron chi connectivity index (χ2n) is 5.15. The normalized spacial score (nSPS) is 10.9. The quantitative estimate of drug-likeness (QED) is 0.860. The Morgan fingerprint density at radius 3 is 2.68 bits per heavy atom. The summed E-state index contributed by atoms with van der Waals surface area (Å²) in [5.74, 6) is 0. The molecule has 2 nitrogen and oxygen atoms in total. The summed E-state index contributed by atoms with van der Waals surface area (Å²) in [6.45, 7) is 6.24. The van der Waals surface area contributed by atoms with E-state index >= 15 is 0 Å². The zero-order valence-corrected chi connectivity index (χ0v) is 12.7. The molecule has 0 amide bonds. The Morgan fingerprint density at radius 1 is 1.21 bits per heavy atom. The third kappa shape index (κ3) is 4.08. The van der Waals surface area contributed by atoms with E-state index in [1.807, 2.05) is 0 Å². The zero-order valence-electron chi connectivity index (χ0n) is 11.9. The van der Waals surface area contributed by atoms with Crippen LogP contribution in [0.1, 0.15) is 25.0 Å². The number of benzene rings is 1. The fourth-order valence-corrected chi connectivity index (χ4v) is 2.75. The molecule has 2 aromatic rings. The number of hydrogen-bond acceptors (Lipinski definition) is 3. The van der Waals surface area contributed by atoms with Crippen LogP contribution in [-0.4, -0.2) is 13.1 Å². The summed E-state index contributed by atoms with van der Waals surface area (Å²) >= 11 is 1.76. The molecule has 0 bridgehead atoms. The molecule has 0 aliphatic heterocycles. The van der Waals surface area contributed by atoms with Gasteiger partial charge in [0, 0.05) is 31.9 Å². The number of thiophene rings is 1. The number of anilines is 1. The molecule has 0 unspecified atom stereocenters. The summed E-state index contributed by atoms with van der Waals surface area (Å²) in [5.41, 5.74) is 4.04. The molecule has 1 heterocycles. The van der Waals surface area contributed by atoms with Gasteiger partial charge in [0.15, 0.2) is 0 Å². The van der Waals surface area contributed by atoms with Crippen LogP contribution in [0.25, 0.3) is 0 Å². The number of rotatable bonds is 6. The molecule has 0 radical (unpaired) electrons. The summed E-state index contributed by atoms with van der Waals surface area (Å²) < 4.78 is 0. The Labute approximate surface area is 120 Å².